The molecule has 8 heteroatoms. The van der Waals surface area contributed by atoms with Crippen molar-refractivity contribution in [2.45, 2.75) is 40.0 Å². The van der Waals surface area contributed by atoms with Gasteiger partial charge >= 0.3 is 0 Å². The first-order chi connectivity index (χ1) is 12.7. The number of thiocarbonyl (C=S) groups is 1. The van der Waals surface area contributed by atoms with Crippen molar-refractivity contribution in [1.82, 2.24) is 5.32 Å². The summed E-state index contributed by atoms with van der Waals surface area (Å²) in [6.45, 7) is 6.75. The van der Waals surface area contributed by atoms with Crippen LogP contribution in [-0.4, -0.2) is 16.9 Å². The maximum Gasteiger partial charge on any atom is 0.267 e. The van der Waals surface area contributed by atoms with E-state index in [1.54, 1.807) is 12.1 Å². The van der Waals surface area contributed by atoms with Crippen molar-refractivity contribution < 1.29 is 9.59 Å². The van der Waals surface area contributed by atoms with Crippen molar-refractivity contribution in [3.63, 3.8) is 0 Å². The van der Waals surface area contributed by atoms with Gasteiger partial charge in [0.25, 0.3) is 11.8 Å². The zero-order valence-corrected chi connectivity index (χ0v) is 18.0. The Morgan fingerprint density at radius 2 is 2.07 bits per heavy atom. The summed E-state index contributed by atoms with van der Waals surface area (Å²) >= 11 is 8.13. The van der Waals surface area contributed by atoms with Crippen LogP contribution in [0.25, 0.3) is 0 Å². The SMILES string of the molecule is CC(C)(C)[C@H]1CCc2c(sc(NC(=S)NC(=O)c3cccs3)c2C(N)=O)C1. The first-order valence-electron chi connectivity index (χ1n) is 8.77. The highest BCUT2D eigenvalue weighted by Gasteiger charge is 2.33. The fraction of sp³-hybridized carbons (Fsp3) is 0.421. The number of nitrogens with one attached hydrogen (secondary N) is 2. The van der Waals surface area contributed by atoms with Gasteiger partial charge in [0.2, 0.25) is 0 Å². The van der Waals surface area contributed by atoms with Gasteiger partial charge in [-0.25, -0.2) is 0 Å². The van der Waals surface area contributed by atoms with Crippen LogP contribution in [0.4, 0.5) is 5.00 Å². The molecular weight excluding hydrogens is 398 g/mol. The van der Waals surface area contributed by atoms with Crippen LogP contribution in [0, 0.1) is 11.3 Å². The predicted octanol–water partition coefficient (Wildman–Crippen LogP) is 4.19. The van der Waals surface area contributed by atoms with E-state index >= 15 is 0 Å². The molecule has 0 aliphatic heterocycles. The number of hydrogen-bond donors (Lipinski definition) is 3. The Morgan fingerprint density at radius 1 is 1.33 bits per heavy atom. The van der Waals surface area contributed by atoms with Gasteiger partial charge in [0.05, 0.1) is 10.4 Å². The average Bonchev–Trinajstić information content (AvgIpc) is 3.20. The van der Waals surface area contributed by atoms with Gasteiger partial charge in [0.15, 0.2) is 5.11 Å². The zero-order chi connectivity index (χ0) is 19.8. The number of primary amides is 1. The molecule has 0 spiro atoms. The summed E-state index contributed by atoms with van der Waals surface area (Å²) in [5.41, 5.74) is 7.41. The molecule has 0 saturated carbocycles. The van der Waals surface area contributed by atoms with Gasteiger partial charge in [-0.1, -0.05) is 26.8 Å². The second kappa shape index (κ2) is 7.69. The van der Waals surface area contributed by atoms with E-state index in [1.807, 2.05) is 5.38 Å². The van der Waals surface area contributed by atoms with Gasteiger partial charge in [0.1, 0.15) is 5.00 Å². The molecule has 2 heterocycles. The van der Waals surface area contributed by atoms with Crippen molar-refractivity contribution in [1.29, 1.82) is 0 Å². The largest absolute Gasteiger partial charge is 0.365 e. The lowest BCUT2D eigenvalue weighted by molar-refractivity contribution is 0.0979. The van der Waals surface area contributed by atoms with Crippen LogP contribution in [0.3, 0.4) is 0 Å². The summed E-state index contributed by atoms with van der Waals surface area (Å²) in [5.74, 6) is -0.170. The molecule has 1 aliphatic carbocycles. The molecule has 0 saturated heterocycles. The third kappa shape index (κ3) is 4.39. The van der Waals surface area contributed by atoms with E-state index in [4.69, 9.17) is 18.0 Å². The number of thiophene rings is 2. The van der Waals surface area contributed by atoms with E-state index in [2.05, 4.69) is 31.4 Å². The van der Waals surface area contributed by atoms with Crippen molar-refractivity contribution in [3.05, 3.63) is 38.4 Å². The van der Waals surface area contributed by atoms with Crippen LogP contribution in [0.1, 0.15) is 57.7 Å². The molecule has 0 unspecified atom stereocenters. The van der Waals surface area contributed by atoms with E-state index in [0.29, 0.717) is 21.4 Å². The summed E-state index contributed by atoms with van der Waals surface area (Å²) < 4.78 is 0. The predicted molar refractivity (Wildman–Crippen MR) is 116 cm³/mol. The van der Waals surface area contributed by atoms with E-state index in [1.165, 1.54) is 27.6 Å². The topological polar surface area (TPSA) is 84.2 Å². The average molecular weight is 422 g/mol. The fourth-order valence-corrected chi connectivity index (χ4v) is 5.60. The van der Waals surface area contributed by atoms with E-state index in [0.717, 1.165) is 24.8 Å². The van der Waals surface area contributed by atoms with Gasteiger partial charge in [-0.15, -0.1) is 22.7 Å². The number of carbonyl (C=O) groups excluding carboxylic acids is 2. The van der Waals surface area contributed by atoms with Crippen molar-refractivity contribution in [2.24, 2.45) is 17.1 Å². The minimum absolute atomic E-state index is 0.168. The van der Waals surface area contributed by atoms with Crippen LogP contribution in [0.5, 0.6) is 0 Å². The Bertz CT molecular complexity index is 879. The molecule has 5 nitrogen and oxygen atoms in total. The number of anilines is 1. The highest BCUT2D eigenvalue weighted by Crippen LogP contribution is 2.44. The van der Waals surface area contributed by atoms with Crippen LogP contribution >= 0.6 is 34.9 Å². The number of fused-ring (bicyclic) bond motifs is 1. The minimum atomic E-state index is -0.461. The van der Waals surface area contributed by atoms with Crippen LogP contribution in [0.15, 0.2) is 17.5 Å². The van der Waals surface area contributed by atoms with Crippen molar-refractivity contribution in [3.8, 4) is 0 Å². The highest BCUT2D eigenvalue weighted by atomic mass is 32.1. The maximum absolute atomic E-state index is 12.2. The molecule has 2 amide bonds. The number of carbonyl (C=O) groups is 2. The highest BCUT2D eigenvalue weighted by molar-refractivity contribution is 7.80. The Labute approximate surface area is 172 Å². The van der Waals surface area contributed by atoms with Crippen LogP contribution < -0.4 is 16.4 Å². The summed E-state index contributed by atoms with van der Waals surface area (Å²) in [6, 6.07) is 3.54. The second-order valence-corrected chi connectivity index (χ2v) is 10.2. The fourth-order valence-electron chi connectivity index (χ4n) is 3.38. The number of rotatable bonds is 3. The molecule has 0 radical (unpaired) electrons. The summed E-state index contributed by atoms with van der Waals surface area (Å²) in [7, 11) is 0. The lowest BCUT2D eigenvalue weighted by atomic mass is 9.72. The Hall–Kier alpha value is -1.77. The minimum Gasteiger partial charge on any atom is -0.365 e. The standard InChI is InChI=1S/C19H23N3O2S3/c1-19(2,3)10-6-7-11-13(9-10)27-17(14(11)15(20)23)22-18(25)21-16(24)12-5-4-8-26-12/h4-5,8,10H,6-7,9H2,1-3H3,(H2,20,23)(H2,21,22,24,25)/t10-/m0/s1. The van der Waals surface area contributed by atoms with Gasteiger partial charge in [0, 0.05) is 4.88 Å². The number of nitrogens with two attached hydrogens (primary N) is 1. The molecule has 1 atom stereocenters. The third-order valence-corrected chi connectivity index (χ3v) is 7.18. The lowest BCUT2D eigenvalue weighted by Crippen LogP contribution is -2.34. The molecule has 144 valence electrons. The van der Waals surface area contributed by atoms with Crippen LogP contribution in [-0.2, 0) is 12.8 Å². The molecular formula is C19H23N3O2S3. The van der Waals surface area contributed by atoms with Crippen LogP contribution in [0.2, 0.25) is 0 Å². The summed E-state index contributed by atoms with van der Waals surface area (Å²) in [4.78, 5) is 26.0. The Balaban J connectivity index is 1.79. The summed E-state index contributed by atoms with van der Waals surface area (Å²) in [5, 5.41) is 8.30. The second-order valence-electron chi connectivity index (χ2n) is 7.76. The molecule has 2 aromatic heterocycles. The van der Waals surface area contributed by atoms with Gasteiger partial charge in [-0.3, -0.25) is 14.9 Å². The first-order valence-corrected chi connectivity index (χ1v) is 10.9. The molecule has 4 N–H and O–H groups in total. The van der Waals surface area contributed by atoms with Crippen molar-refractivity contribution >= 4 is 56.8 Å². The molecule has 0 bridgehead atoms. The number of hydrogen-bond acceptors (Lipinski definition) is 5. The monoisotopic (exact) mass is 421 g/mol. The molecule has 2 aromatic rings. The van der Waals surface area contributed by atoms with Gasteiger partial charge < -0.3 is 11.1 Å². The maximum atomic E-state index is 12.2. The van der Waals surface area contributed by atoms with Crippen molar-refractivity contribution in [2.75, 3.05) is 5.32 Å². The molecule has 0 fully saturated rings. The van der Waals surface area contributed by atoms with E-state index in [9.17, 15) is 9.59 Å². The Kier molecular flexibility index (Phi) is 5.69. The van der Waals surface area contributed by atoms with Gasteiger partial charge in [-0.2, -0.15) is 0 Å². The quantitative estimate of drug-likeness (QED) is 0.649. The number of amides is 2. The van der Waals surface area contributed by atoms with E-state index in [-0.39, 0.29) is 16.4 Å². The van der Waals surface area contributed by atoms with Gasteiger partial charge in [-0.05, 0) is 59.8 Å². The normalized spacial score (nSPS) is 16.5. The molecule has 27 heavy (non-hydrogen) atoms. The Morgan fingerprint density at radius 3 is 2.67 bits per heavy atom. The molecule has 3 rings (SSSR count). The first kappa shape index (κ1) is 20.0. The molecule has 1 aliphatic rings. The smallest absolute Gasteiger partial charge is 0.267 e. The summed E-state index contributed by atoms with van der Waals surface area (Å²) in [6.07, 6.45) is 2.80. The lowest BCUT2D eigenvalue weighted by Gasteiger charge is -2.33. The van der Waals surface area contributed by atoms with E-state index < -0.39 is 5.91 Å². The zero-order valence-electron chi connectivity index (χ0n) is 15.5. The third-order valence-electron chi connectivity index (χ3n) is 4.94. The molecule has 0 aromatic carbocycles.